The topological polar surface area (TPSA) is 87.8 Å². The lowest BCUT2D eigenvalue weighted by atomic mass is 10.0. The van der Waals surface area contributed by atoms with E-state index in [4.69, 9.17) is 4.74 Å². The van der Waals surface area contributed by atoms with Crippen LogP contribution in [0.4, 0.5) is 0 Å². The van der Waals surface area contributed by atoms with Gasteiger partial charge in [-0.2, -0.15) is 5.10 Å². The second-order valence-electron chi connectivity index (χ2n) is 5.81. The average Bonchev–Trinajstić information content (AvgIpc) is 2.92. The first-order valence-corrected chi connectivity index (χ1v) is 7.19. The van der Waals surface area contributed by atoms with Crippen molar-refractivity contribution in [2.45, 2.75) is 38.6 Å². The summed E-state index contributed by atoms with van der Waals surface area (Å²) in [7, 11) is 0. The number of aliphatic hydroxyl groups is 2. The fraction of sp³-hybridized carbons (Fsp3) is 0.714. The SMILES string of the molecule is CC(C)CN(C(=O)Cn1cccn1)[C@@H]1COC[C@@H](O)[C@H]1O. The van der Waals surface area contributed by atoms with Crippen LogP contribution in [0, 0.1) is 5.92 Å². The molecule has 2 N–H and O–H groups in total. The maximum Gasteiger partial charge on any atom is 0.244 e. The predicted octanol–water partition coefficient (Wildman–Crippen LogP) is -0.512. The third-order valence-electron chi connectivity index (χ3n) is 3.50. The molecule has 1 aliphatic heterocycles. The van der Waals surface area contributed by atoms with E-state index in [2.05, 4.69) is 5.10 Å². The van der Waals surface area contributed by atoms with Crippen molar-refractivity contribution in [3.63, 3.8) is 0 Å². The van der Waals surface area contributed by atoms with Crippen LogP contribution < -0.4 is 0 Å². The molecule has 1 saturated heterocycles. The summed E-state index contributed by atoms with van der Waals surface area (Å²) in [5.41, 5.74) is 0. The monoisotopic (exact) mass is 297 g/mol. The van der Waals surface area contributed by atoms with Crippen molar-refractivity contribution in [3.05, 3.63) is 18.5 Å². The van der Waals surface area contributed by atoms with Crippen LogP contribution in [-0.2, 0) is 16.1 Å². The Morgan fingerprint density at radius 1 is 1.48 bits per heavy atom. The molecule has 0 unspecified atom stereocenters. The number of hydrogen-bond acceptors (Lipinski definition) is 5. The molecule has 3 atom stereocenters. The van der Waals surface area contributed by atoms with Crippen molar-refractivity contribution in [2.24, 2.45) is 5.92 Å². The van der Waals surface area contributed by atoms with Crippen LogP contribution in [0.5, 0.6) is 0 Å². The van der Waals surface area contributed by atoms with Gasteiger partial charge < -0.3 is 19.8 Å². The average molecular weight is 297 g/mol. The molecule has 1 amide bonds. The van der Waals surface area contributed by atoms with Gasteiger partial charge in [-0.05, 0) is 12.0 Å². The lowest BCUT2D eigenvalue weighted by Crippen LogP contribution is -2.58. The molecule has 118 valence electrons. The predicted molar refractivity (Wildman–Crippen MR) is 75.4 cm³/mol. The Balaban J connectivity index is 2.11. The molecular weight excluding hydrogens is 274 g/mol. The summed E-state index contributed by atoms with van der Waals surface area (Å²) in [4.78, 5) is 14.1. The summed E-state index contributed by atoms with van der Waals surface area (Å²) in [5.74, 6) is 0.104. The Morgan fingerprint density at radius 2 is 2.24 bits per heavy atom. The van der Waals surface area contributed by atoms with Gasteiger partial charge in [0.1, 0.15) is 18.8 Å². The standard InChI is InChI=1S/C14H23N3O4/c1-10(2)6-17(11-8-21-9-12(18)14(11)20)13(19)7-16-5-3-4-15-16/h3-5,10-12,14,18,20H,6-9H2,1-2H3/t11-,12-,14+/m1/s1. The normalized spacial score (nSPS) is 26.0. The van der Waals surface area contributed by atoms with Gasteiger partial charge in [0.2, 0.25) is 5.91 Å². The molecule has 0 spiro atoms. The van der Waals surface area contributed by atoms with E-state index in [1.165, 1.54) is 0 Å². The molecule has 1 aromatic heterocycles. The Bertz CT molecular complexity index is 449. The summed E-state index contributed by atoms with van der Waals surface area (Å²) >= 11 is 0. The van der Waals surface area contributed by atoms with Gasteiger partial charge in [0.25, 0.3) is 0 Å². The third kappa shape index (κ3) is 4.03. The van der Waals surface area contributed by atoms with Crippen molar-refractivity contribution in [1.82, 2.24) is 14.7 Å². The van der Waals surface area contributed by atoms with E-state index in [9.17, 15) is 15.0 Å². The number of ether oxygens (including phenoxy) is 1. The highest BCUT2D eigenvalue weighted by atomic mass is 16.5. The number of hydrogen-bond donors (Lipinski definition) is 2. The lowest BCUT2D eigenvalue weighted by molar-refractivity contribution is -0.158. The van der Waals surface area contributed by atoms with Gasteiger partial charge in [-0.1, -0.05) is 13.8 Å². The highest BCUT2D eigenvalue weighted by Crippen LogP contribution is 2.17. The molecule has 1 aromatic rings. The van der Waals surface area contributed by atoms with E-state index in [0.29, 0.717) is 6.54 Å². The molecule has 0 bridgehead atoms. The van der Waals surface area contributed by atoms with Crippen LogP contribution in [0.25, 0.3) is 0 Å². The molecule has 2 heterocycles. The largest absolute Gasteiger partial charge is 0.388 e. The Hall–Kier alpha value is -1.44. The minimum atomic E-state index is -0.987. The fourth-order valence-corrected chi connectivity index (χ4v) is 2.48. The van der Waals surface area contributed by atoms with Gasteiger partial charge >= 0.3 is 0 Å². The summed E-state index contributed by atoms with van der Waals surface area (Å²) in [6.45, 7) is 4.94. The molecule has 2 rings (SSSR count). The highest BCUT2D eigenvalue weighted by Gasteiger charge is 2.37. The summed E-state index contributed by atoms with van der Waals surface area (Å²) in [6.07, 6.45) is 1.38. The number of nitrogens with zero attached hydrogens (tertiary/aromatic N) is 3. The molecule has 0 saturated carbocycles. The van der Waals surface area contributed by atoms with Crippen molar-refractivity contribution in [3.8, 4) is 0 Å². The Kier molecular flexibility index (Phi) is 5.33. The molecule has 1 fully saturated rings. The van der Waals surface area contributed by atoms with Gasteiger partial charge in [-0.25, -0.2) is 0 Å². The molecule has 0 radical (unpaired) electrons. The minimum Gasteiger partial charge on any atom is -0.388 e. The second-order valence-corrected chi connectivity index (χ2v) is 5.81. The molecule has 1 aliphatic rings. The second kappa shape index (κ2) is 7.02. The van der Waals surface area contributed by atoms with Crippen molar-refractivity contribution in [1.29, 1.82) is 0 Å². The van der Waals surface area contributed by atoms with Crippen LogP contribution in [0.3, 0.4) is 0 Å². The number of carbonyl (C=O) groups is 1. The molecule has 7 heteroatoms. The van der Waals surface area contributed by atoms with Gasteiger partial charge in [-0.3, -0.25) is 9.48 Å². The number of carbonyl (C=O) groups excluding carboxylic acids is 1. The maximum absolute atomic E-state index is 12.5. The van der Waals surface area contributed by atoms with E-state index in [-0.39, 0.29) is 31.6 Å². The lowest BCUT2D eigenvalue weighted by Gasteiger charge is -2.40. The first-order chi connectivity index (χ1) is 9.99. The summed E-state index contributed by atoms with van der Waals surface area (Å²) in [5, 5.41) is 23.9. The van der Waals surface area contributed by atoms with Crippen molar-refractivity contribution >= 4 is 5.91 Å². The van der Waals surface area contributed by atoms with Crippen LogP contribution in [0.2, 0.25) is 0 Å². The number of aromatic nitrogens is 2. The van der Waals surface area contributed by atoms with E-state index >= 15 is 0 Å². The molecule has 7 nitrogen and oxygen atoms in total. The molecular formula is C14H23N3O4. The summed E-state index contributed by atoms with van der Waals surface area (Å²) < 4.78 is 6.83. The molecule has 0 aliphatic carbocycles. The quantitative estimate of drug-likeness (QED) is 0.764. The highest BCUT2D eigenvalue weighted by molar-refractivity contribution is 5.76. The number of amides is 1. The minimum absolute atomic E-state index is 0.0977. The van der Waals surface area contributed by atoms with E-state index < -0.39 is 18.2 Å². The fourth-order valence-electron chi connectivity index (χ4n) is 2.48. The molecule has 0 aromatic carbocycles. The zero-order valence-electron chi connectivity index (χ0n) is 12.4. The van der Waals surface area contributed by atoms with Crippen LogP contribution in [0.15, 0.2) is 18.5 Å². The zero-order valence-corrected chi connectivity index (χ0v) is 12.4. The van der Waals surface area contributed by atoms with Crippen molar-refractivity contribution < 1.29 is 19.7 Å². The Morgan fingerprint density at radius 3 is 2.86 bits per heavy atom. The van der Waals surface area contributed by atoms with Gasteiger partial charge in [-0.15, -0.1) is 0 Å². The first-order valence-electron chi connectivity index (χ1n) is 7.19. The van der Waals surface area contributed by atoms with Gasteiger partial charge in [0.15, 0.2) is 0 Å². The summed E-state index contributed by atoms with van der Waals surface area (Å²) in [6, 6.07) is 1.22. The van der Waals surface area contributed by atoms with Crippen molar-refractivity contribution in [2.75, 3.05) is 19.8 Å². The van der Waals surface area contributed by atoms with Crippen LogP contribution in [-0.4, -0.2) is 68.8 Å². The number of aliphatic hydroxyl groups excluding tert-OH is 2. The van der Waals surface area contributed by atoms with Crippen LogP contribution >= 0.6 is 0 Å². The van der Waals surface area contributed by atoms with Crippen LogP contribution in [0.1, 0.15) is 13.8 Å². The number of rotatable bonds is 5. The zero-order chi connectivity index (χ0) is 15.4. The third-order valence-corrected chi connectivity index (χ3v) is 3.50. The molecule has 21 heavy (non-hydrogen) atoms. The van der Waals surface area contributed by atoms with Gasteiger partial charge in [0.05, 0.1) is 19.3 Å². The smallest absolute Gasteiger partial charge is 0.244 e. The van der Waals surface area contributed by atoms with Gasteiger partial charge in [0, 0.05) is 18.9 Å². The Labute approximate surface area is 124 Å². The van der Waals surface area contributed by atoms with E-state index in [0.717, 1.165) is 0 Å². The maximum atomic E-state index is 12.5. The first kappa shape index (κ1) is 15.9. The van der Waals surface area contributed by atoms with E-state index in [1.54, 1.807) is 28.0 Å². The van der Waals surface area contributed by atoms with E-state index in [1.807, 2.05) is 13.8 Å².